The van der Waals surface area contributed by atoms with Crippen molar-refractivity contribution < 1.29 is 14.5 Å². The highest BCUT2D eigenvalue weighted by Gasteiger charge is 2.26. The zero-order valence-corrected chi connectivity index (χ0v) is 11.1. The van der Waals surface area contributed by atoms with Crippen molar-refractivity contribution in [3.8, 4) is 0 Å². The average Bonchev–Trinajstić information content (AvgIpc) is 2.24. The Balaban J connectivity index is 2.53. The molecule has 0 bridgehead atoms. The predicted molar refractivity (Wildman–Crippen MR) is 66.7 cm³/mol. The number of nitrogens with zero attached hydrogens (tertiary/aromatic N) is 2. The fourth-order valence-corrected chi connectivity index (χ4v) is 1.85. The average molecular weight is 256 g/mol. The normalized spacial score (nSPS) is 21.1. The number of nitro groups is 1. The highest BCUT2D eigenvalue weighted by Crippen LogP contribution is 2.20. The summed E-state index contributed by atoms with van der Waals surface area (Å²) in [5.41, 5.74) is -0.513. The molecule has 0 aliphatic carbocycles. The van der Waals surface area contributed by atoms with Crippen LogP contribution in [-0.2, 0) is 4.74 Å². The molecule has 0 aromatic carbocycles. The van der Waals surface area contributed by atoms with Crippen LogP contribution in [0.1, 0.15) is 33.6 Å². The summed E-state index contributed by atoms with van der Waals surface area (Å²) in [5.74, 6) is 0.0386. The second kappa shape index (κ2) is 5.84. The maximum absolute atomic E-state index is 11.8. The molecule has 1 rings (SSSR count). The quantitative estimate of drug-likeness (QED) is 0.562. The van der Waals surface area contributed by atoms with Crippen LogP contribution in [0.5, 0.6) is 0 Å². The van der Waals surface area contributed by atoms with Gasteiger partial charge >= 0.3 is 6.09 Å². The molecular weight excluding hydrogens is 236 g/mol. The monoisotopic (exact) mass is 256 g/mol. The van der Waals surface area contributed by atoms with Gasteiger partial charge in [-0.2, -0.15) is 0 Å². The Labute approximate surface area is 107 Å². The molecule has 0 spiro atoms. The van der Waals surface area contributed by atoms with Gasteiger partial charge in [0, 0.05) is 19.0 Å². The third kappa shape index (κ3) is 5.16. The molecule has 1 aliphatic heterocycles. The van der Waals surface area contributed by atoms with Gasteiger partial charge in [-0.15, -0.1) is 0 Å². The van der Waals surface area contributed by atoms with Gasteiger partial charge in [-0.3, -0.25) is 10.1 Å². The van der Waals surface area contributed by atoms with Gasteiger partial charge in [0.15, 0.2) is 0 Å². The fraction of sp³-hybridized carbons (Fsp3) is 0.750. The van der Waals surface area contributed by atoms with Gasteiger partial charge in [-0.1, -0.05) is 0 Å². The van der Waals surface area contributed by atoms with Crippen molar-refractivity contribution in [2.24, 2.45) is 5.92 Å². The van der Waals surface area contributed by atoms with E-state index in [2.05, 4.69) is 0 Å². The van der Waals surface area contributed by atoms with Gasteiger partial charge in [0.05, 0.1) is 4.92 Å². The second-order valence-corrected chi connectivity index (χ2v) is 5.46. The Morgan fingerprint density at radius 2 is 2.17 bits per heavy atom. The number of piperidine rings is 1. The predicted octanol–water partition coefficient (Wildman–Crippen LogP) is 2.42. The van der Waals surface area contributed by atoms with Gasteiger partial charge in [0.25, 0.3) is 0 Å². The third-order valence-corrected chi connectivity index (χ3v) is 2.59. The van der Waals surface area contributed by atoms with Gasteiger partial charge in [0.1, 0.15) is 5.60 Å². The van der Waals surface area contributed by atoms with Crippen LogP contribution in [0.3, 0.4) is 0 Å². The summed E-state index contributed by atoms with van der Waals surface area (Å²) in [4.78, 5) is 23.2. The molecule has 1 heterocycles. The van der Waals surface area contributed by atoms with E-state index in [1.165, 1.54) is 0 Å². The molecule has 6 heteroatoms. The van der Waals surface area contributed by atoms with Crippen LogP contribution >= 0.6 is 0 Å². The molecule has 18 heavy (non-hydrogen) atoms. The highest BCUT2D eigenvalue weighted by molar-refractivity contribution is 5.68. The second-order valence-electron chi connectivity index (χ2n) is 5.46. The molecule has 0 radical (unpaired) electrons. The summed E-state index contributed by atoms with van der Waals surface area (Å²) in [6, 6.07) is 0. The zero-order chi connectivity index (χ0) is 13.8. The van der Waals surface area contributed by atoms with Crippen LogP contribution in [0.4, 0.5) is 4.79 Å². The summed E-state index contributed by atoms with van der Waals surface area (Å²) >= 11 is 0. The van der Waals surface area contributed by atoms with E-state index in [4.69, 9.17) is 4.74 Å². The van der Waals surface area contributed by atoms with Crippen molar-refractivity contribution in [1.29, 1.82) is 0 Å². The molecule has 1 aliphatic rings. The van der Waals surface area contributed by atoms with Crippen LogP contribution < -0.4 is 0 Å². The Bertz CT molecular complexity index is 346. The van der Waals surface area contributed by atoms with Crippen LogP contribution in [0.2, 0.25) is 0 Å². The number of carbonyl (C=O) groups is 1. The Morgan fingerprint density at radius 3 is 2.72 bits per heavy atom. The lowest BCUT2D eigenvalue weighted by molar-refractivity contribution is -0.402. The van der Waals surface area contributed by atoms with E-state index in [1.807, 2.05) is 20.8 Å². The largest absolute Gasteiger partial charge is 0.444 e. The standard InChI is InChI=1S/C12H20N2O4/c1-12(2,3)18-11(15)13-7-4-5-10(9-13)6-8-14(16)17/h6,8,10H,4-5,7,9H2,1-3H3/b8-6+. The number of hydrogen-bond acceptors (Lipinski definition) is 4. The van der Waals surface area contributed by atoms with Gasteiger partial charge < -0.3 is 9.64 Å². The van der Waals surface area contributed by atoms with Crippen molar-refractivity contribution in [3.63, 3.8) is 0 Å². The first kappa shape index (κ1) is 14.5. The number of rotatable bonds is 2. The molecule has 102 valence electrons. The third-order valence-electron chi connectivity index (χ3n) is 2.59. The first-order valence-corrected chi connectivity index (χ1v) is 6.07. The van der Waals surface area contributed by atoms with Crippen molar-refractivity contribution in [3.05, 3.63) is 22.4 Å². The lowest BCUT2D eigenvalue weighted by Crippen LogP contribution is -2.42. The van der Waals surface area contributed by atoms with E-state index in [-0.39, 0.29) is 12.0 Å². The van der Waals surface area contributed by atoms with E-state index >= 15 is 0 Å². The van der Waals surface area contributed by atoms with Crippen LogP contribution in [0.15, 0.2) is 12.3 Å². The number of hydrogen-bond donors (Lipinski definition) is 0. The zero-order valence-electron chi connectivity index (χ0n) is 11.1. The maximum atomic E-state index is 11.8. The van der Waals surface area contributed by atoms with E-state index in [9.17, 15) is 14.9 Å². The minimum atomic E-state index is -0.513. The van der Waals surface area contributed by atoms with E-state index in [1.54, 1.807) is 11.0 Å². The van der Waals surface area contributed by atoms with Gasteiger partial charge in [-0.05, 0) is 39.7 Å². The Morgan fingerprint density at radius 1 is 1.50 bits per heavy atom. The highest BCUT2D eigenvalue weighted by atomic mass is 16.6. The van der Waals surface area contributed by atoms with Crippen LogP contribution in [0.25, 0.3) is 0 Å². The van der Waals surface area contributed by atoms with Crippen LogP contribution in [-0.4, -0.2) is 34.6 Å². The fourth-order valence-electron chi connectivity index (χ4n) is 1.85. The van der Waals surface area contributed by atoms with E-state index in [0.717, 1.165) is 19.0 Å². The first-order chi connectivity index (χ1) is 8.28. The lowest BCUT2D eigenvalue weighted by atomic mass is 9.98. The molecule has 0 aromatic heterocycles. The molecular formula is C12H20N2O4. The van der Waals surface area contributed by atoms with Gasteiger partial charge in [-0.25, -0.2) is 4.79 Å². The molecule has 0 N–H and O–H groups in total. The minimum Gasteiger partial charge on any atom is -0.444 e. The molecule has 1 saturated heterocycles. The Hall–Kier alpha value is -1.59. The maximum Gasteiger partial charge on any atom is 0.410 e. The van der Waals surface area contributed by atoms with E-state index < -0.39 is 10.5 Å². The molecule has 0 aromatic rings. The Kier molecular flexibility index (Phi) is 4.69. The number of carbonyl (C=O) groups excluding carboxylic acids is 1. The first-order valence-electron chi connectivity index (χ1n) is 6.07. The minimum absolute atomic E-state index is 0.0386. The molecule has 1 fully saturated rings. The lowest BCUT2D eigenvalue weighted by Gasteiger charge is -2.32. The summed E-state index contributed by atoms with van der Waals surface area (Å²) in [5, 5.41) is 10.3. The van der Waals surface area contributed by atoms with Crippen molar-refractivity contribution >= 4 is 6.09 Å². The van der Waals surface area contributed by atoms with Crippen molar-refractivity contribution in [1.82, 2.24) is 4.90 Å². The molecule has 1 atom stereocenters. The number of ether oxygens (including phenoxy) is 1. The SMILES string of the molecule is CC(C)(C)OC(=O)N1CCCC(/C=C/[N+](=O)[O-])C1. The summed E-state index contributed by atoms with van der Waals surface area (Å²) in [6.45, 7) is 6.59. The van der Waals surface area contributed by atoms with Gasteiger partial charge in [0.2, 0.25) is 6.20 Å². The molecule has 0 saturated carbocycles. The summed E-state index contributed by atoms with van der Waals surface area (Å²) in [7, 11) is 0. The van der Waals surface area contributed by atoms with E-state index in [0.29, 0.717) is 13.1 Å². The summed E-state index contributed by atoms with van der Waals surface area (Å²) < 4.78 is 5.28. The van der Waals surface area contributed by atoms with Crippen molar-refractivity contribution in [2.75, 3.05) is 13.1 Å². The number of likely N-dealkylation sites (tertiary alicyclic amines) is 1. The molecule has 1 unspecified atom stereocenters. The van der Waals surface area contributed by atoms with Crippen LogP contribution in [0, 0.1) is 16.0 Å². The molecule has 1 amide bonds. The summed E-state index contributed by atoms with van der Waals surface area (Å²) in [6.07, 6.45) is 3.86. The number of amides is 1. The van der Waals surface area contributed by atoms with Crippen molar-refractivity contribution in [2.45, 2.75) is 39.2 Å². The smallest absolute Gasteiger partial charge is 0.410 e. The topological polar surface area (TPSA) is 72.7 Å². The molecule has 6 nitrogen and oxygen atoms in total.